The van der Waals surface area contributed by atoms with E-state index in [1.807, 2.05) is 66.2 Å². The highest BCUT2D eigenvalue weighted by Gasteiger charge is 2.24. The number of hydrogen-bond acceptors (Lipinski definition) is 5. The molecule has 0 bridgehead atoms. The average Bonchev–Trinajstić information content (AvgIpc) is 3.15. The van der Waals surface area contributed by atoms with Crippen molar-refractivity contribution in [3.63, 3.8) is 0 Å². The molecule has 0 saturated carbocycles. The van der Waals surface area contributed by atoms with Gasteiger partial charge < -0.3 is 14.6 Å². The molecule has 2 unspecified atom stereocenters. The molecule has 3 aromatic rings. The maximum atomic E-state index is 10.6. The van der Waals surface area contributed by atoms with Crippen molar-refractivity contribution in [3.8, 4) is 17.3 Å². The Balaban J connectivity index is 1.94. The van der Waals surface area contributed by atoms with Crippen LogP contribution in [0.1, 0.15) is 37.1 Å². The van der Waals surface area contributed by atoms with Gasteiger partial charge in [0.15, 0.2) is 0 Å². The van der Waals surface area contributed by atoms with Gasteiger partial charge in [-0.2, -0.15) is 5.10 Å². The summed E-state index contributed by atoms with van der Waals surface area (Å²) < 4.78 is 13.8. The van der Waals surface area contributed by atoms with Gasteiger partial charge in [0, 0.05) is 19.1 Å². The van der Waals surface area contributed by atoms with Crippen LogP contribution < -0.4 is 4.74 Å². The molecule has 2 atom stereocenters. The van der Waals surface area contributed by atoms with E-state index in [4.69, 9.17) is 14.6 Å². The summed E-state index contributed by atoms with van der Waals surface area (Å²) in [5.74, 6) is 1.45. The van der Waals surface area contributed by atoms with Gasteiger partial charge in [-0.25, -0.2) is 4.68 Å². The van der Waals surface area contributed by atoms with E-state index < -0.39 is 6.10 Å². The van der Waals surface area contributed by atoms with Crippen molar-refractivity contribution < 1.29 is 14.6 Å². The molecule has 1 aromatic heterocycles. The summed E-state index contributed by atoms with van der Waals surface area (Å²) in [5.41, 5.74) is 4.02. The standard InChI is InChI=1S/C28H37N3O3/c1-6-17-33-20-25(32)18-30(22(4)7-2)19-27-23(5)29-31(24-11-9-8-10-12-24)28(27)34-26-15-13-21(3)14-16-26/h6,8-16,22,25,32H,1,7,17-20H2,2-5H3. The summed E-state index contributed by atoms with van der Waals surface area (Å²) in [6.45, 7) is 13.9. The fourth-order valence-electron chi connectivity index (χ4n) is 3.76. The smallest absolute Gasteiger partial charge is 0.227 e. The highest BCUT2D eigenvalue weighted by Crippen LogP contribution is 2.32. The van der Waals surface area contributed by atoms with Crippen LogP contribution in [0.2, 0.25) is 0 Å². The molecule has 34 heavy (non-hydrogen) atoms. The number of benzene rings is 2. The van der Waals surface area contributed by atoms with E-state index in [0.29, 0.717) is 25.6 Å². The number of aromatic nitrogens is 2. The summed E-state index contributed by atoms with van der Waals surface area (Å²) in [5, 5.41) is 15.4. The number of hydrogen-bond donors (Lipinski definition) is 1. The van der Waals surface area contributed by atoms with Gasteiger partial charge in [-0.1, -0.05) is 48.9 Å². The van der Waals surface area contributed by atoms with Crippen molar-refractivity contribution in [2.45, 2.75) is 52.8 Å². The van der Waals surface area contributed by atoms with Gasteiger partial charge in [-0.15, -0.1) is 6.58 Å². The van der Waals surface area contributed by atoms with Gasteiger partial charge in [0.1, 0.15) is 5.75 Å². The van der Waals surface area contributed by atoms with E-state index in [0.717, 1.165) is 29.1 Å². The van der Waals surface area contributed by atoms with E-state index in [1.54, 1.807) is 6.08 Å². The van der Waals surface area contributed by atoms with Crippen LogP contribution in [-0.2, 0) is 11.3 Å². The third-order valence-electron chi connectivity index (χ3n) is 5.94. The van der Waals surface area contributed by atoms with E-state index in [2.05, 4.69) is 32.3 Å². The zero-order valence-corrected chi connectivity index (χ0v) is 20.8. The second-order valence-corrected chi connectivity index (χ2v) is 8.70. The number of nitrogens with zero attached hydrogens (tertiary/aromatic N) is 3. The monoisotopic (exact) mass is 463 g/mol. The largest absolute Gasteiger partial charge is 0.439 e. The summed E-state index contributed by atoms with van der Waals surface area (Å²) >= 11 is 0. The predicted molar refractivity (Wildman–Crippen MR) is 137 cm³/mol. The van der Waals surface area contributed by atoms with Crippen molar-refractivity contribution in [3.05, 3.63) is 84.1 Å². The van der Waals surface area contributed by atoms with Crippen LogP contribution in [0.15, 0.2) is 67.3 Å². The van der Waals surface area contributed by atoms with Crippen molar-refractivity contribution in [2.24, 2.45) is 0 Å². The highest BCUT2D eigenvalue weighted by atomic mass is 16.5. The molecule has 0 fully saturated rings. The Morgan fingerprint density at radius 1 is 1.12 bits per heavy atom. The minimum Gasteiger partial charge on any atom is -0.439 e. The molecular weight excluding hydrogens is 426 g/mol. The summed E-state index contributed by atoms with van der Waals surface area (Å²) in [7, 11) is 0. The van der Waals surface area contributed by atoms with Gasteiger partial charge in [0.2, 0.25) is 5.88 Å². The minimum atomic E-state index is -0.597. The lowest BCUT2D eigenvalue weighted by Gasteiger charge is -2.30. The third kappa shape index (κ3) is 6.79. The van der Waals surface area contributed by atoms with Crippen molar-refractivity contribution >= 4 is 0 Å². The number of aliphatic hydroxyl groups is 1. The van der Waals surface area contributed by atoms with Crippen LogP contribution in [0.25, 0.3) is 5.69 Å². The molecule has 0 saturated heterocycles. The first-order valence-electron chi connectivity index (χ1n) is 11.9. The molecule has 0 amide bonds. The zero-order chi connectivity index (χ0) is 24.5. The Hall–Kier alpha value is -2.93. The number of rotatable bonds is 13. The quantitative estimate of drug-likeness (QED) is 0.270. The molecule has 2 aromatic carbocycles. The SMILES string of the molecule is C=CCOCC(O)CN(Cc1c(C)nn(-c2ccccc2)c1Oc1ccc(C)cc1)C(C)CC. The molecule has 3 rings (SSSR count). The first-order valence-corrected chi connectivity index (χ1v) is 11.9. The molecule has 0 radical (unpaired) electrons. The first kappa shape index (κ1) is 25.7. The molecule has 182 valence electrons. The third-order valence-corrected chi connectivity index (χ3v) is 5.94. The lowest BCUT2D eigenvalue weighted by molar-refractivity contribution is 0.0155. The summed E-state index contributed by atoms with van der Waals surface area (Å²) in [4.78, 5) is 2.27. The topological polar surface area (TPSA) is 59.8 Å². The number of ether oxygens (including phenoxy) is 2. The van der Waals surface area contributed by atoms with Crippen molar-refractivity contribution in [1.82, 2.24) is 14.7 Å². The molecule has 1 N–H and O–H groups in total. The van der Waals surface area contributed by atoms with E-state index >= 15 is 0 Å². The normalized spacial score (nSPS) is 13.1. The first-order chi connectivity index (χ1) is 16.4. The predicted octanol–water partition coefficient (Wildman–Crippen LogP) is 5.45. The van der Waals surface area contributed by atoms with E-state index in [-0.39, 0.29) is 12.6 Å². The molecule has 0 aliphatic heterocycles. The maximum absolute atomic E-state index is 10.6. The fraction of sp³-hybridized carbons (Fsp3) is 0.393. The molecule has 6 heteroatoms. The van der Waals surface area contributed by atoms with Crippen LogP contribution in [-0.4, -0.2) is 51.7 Å². The maximum Gasteiger partial charge on any atom is 0.227 e. The van der Waals surface area contributed by atoms with Crippen LogP contribution in [0.3, 0.4) is 0 Å². The Labute approximate surface area is 203 Å². The molecule has 0 aliphatic rings. The summed E-state index contributed by atoms with van der Waals surface area (Å²) in [6.07, 6.45) is 2.05. The van der Waals surface area contributed by atoms with Crippen molar-refractivity contribution in [1.29, 1.82) is 0 Å². The van der Waals surface area contributed by atoms with Crippen LogP contribution in [0.4, 0.5) is 0 Å². The second kappa shape index (κ2) is 12.5. The van der Waals surface area contributed by atoms with Gasteiger partial charge >= 0.3 is 0 Å². The lowest BCUT2D eigenvalue weighted by atomic mass is 10.1. The lowest BCUT2D eigenvalue weighted by Crippen LogP contribution is -2.40. The minimum absolute atomic E-state index is 0.265. The number of aryl methyl sites for hydroxylation is 2. The van der Waals surface area contributed by atoms with Crippen LogP contribution >= 0.6 is 0 Å². The average molecular weight is 464 g/mol. The highest BCUT2D eigenvalue weighted by molar-refractivity contribution is 5.43. The van der Waals surface area contributed by atoms with Crippen molar-refractivity contribution in [2.75, 3.05) is 19.8 Å². The fourth-order valence-corrected chi connectivity index (χ4v) is 3.76. The molecule has 0 aliphatic carbocycles. The molecule has 1 heterocycles. The summed E-state index contributed by atoms with van der Waals surface area (Å²) in [6, 6.07) is 18.3. The Morgan fingerprint density at radius 3 is 2.47 bits per heavy atom. The molecule has 6 nitrogen and oxygen atoms in total. The Kier molecular flexibility index (Phi) is 9.45. The van der Waals surface area contributed by atoms with Gasteiger partial charge in [0.25, 0.3) is 0 Å². The van der Waals surface area contributed by atoms with E-state index in [9.17, 15) is 5.11 Å². The van der Waals surface area contributed by atoms with Crippen LogP contribution in [0, 0.1) is 13.8 Å². The van der Waals surface area contributed by atoms with Gasteiger partial charge in [0.05, 0.1) is 36.3 Å². The Morgan fingerprint density at radius 2 is 1.82 bits per heavy atom. The number of para-hydroxylation sites is 1. The molecular formula is C28H37N3O3. The van der Waals surface area contributed by atoms with Gasteiger partial charge in [-0.3, -0.25) is 4.90 Å². The van der Waals surface area contributed by atoms with Crippen LogP contribution in [0.5, 0.6) is 11.6 Å². The second-order valence-electron chi connectivity index (χ2n) is 8.70. The Bertz CT molecular complexity index is 1030. The number of aliphatic hydroxyl groups excluding tert-OH is 1. The molecule has 0 spiro atoms. The van der Waals surface area contributed by atoms with Gasteiger partial charge in [-0.05, 0) is 51.5 Å². The van der Waals surface area contributed by atoms with E-state index in [1.165, 1.54) is 5.56 Å². The zero-order valence-electron chi connectivity index (χ0n) is 20.8.